The molecule has 8 nitrogen and oxygen atoms in total. The third-order valence-electron chi connectivity index (χ3n) is 7.02. The van der Waals surface area contributed by atoms with E-state index in [-0.39, 0.29) is 11.8 Å². The van der Waals surface area contributed by atoms with Crippen molar-refractivity contribution in [3.63, 3.8) is 0 Å². The highest BCUT2D eigenvalue weighted by Gasteiger charge is 2.12. The quantitative estimate of drug-likeness (QED) is 0.204. The Kier molecular flexibility index (Phi) is 9.23. The minimum atomic E-state index is 0.0477. The van der Waals surface area contributed by atoms with Crippen molar-refractivity contribution in [1.82, 2.24) is 29.1 Å². The largest absolute Gasteiger partial charge is 0.274 e. The predicted octanol–water partition coefficient (Wildman–Crippen LogP) is 6.81. The zero-order valence-electron chi connectivity index (χ0n) is 24.0. The molecule has 0 atom stereocenters. The summed E-state index contributed by atoms with van der Waals surface area (Å²) in [4.78, 5) is 41.7. The van der Waals surface area contributed by atoms with Crippen LogP contribution in [0.4, 0.5) is 0 Å². The molecule has 0 aliphatic rings. The Balaban J connectivity index is 0.000000168. The first-order valence-electron chi connectivity index (χ1n) is 14.2. The van der Waals surface area contributed by atoms with Crippen molar-refractivity contribution in [3.8, 4) is 0 Å². The fourth-order valence-electron chi connectivity index (χ4n) is 4.78. The average molecular weight is 559 g/mol. The maximum Gasteiger partial charge on any atom is 0.233 e. The van der Waals surface area contributed by atoms with Crippen LogP contribution in [0.25, 0.3) is 22.3 Å². The zero-order valence-corrected chi connectivity index (χ0v) is 24.0. The lowest BCUT2D eigenvalue weighted by Gasteiger charge is -2.03. The third-order valence-corrected chi connectivity index (χ3v) is 7.02. The molecule has 4 heterocycles. The minimum absolute atomic E-state index is 0.0477. The van der Waals surface area contributed by atoms with Crippen LogP contribution in [-0.2, 0) is 12.8 Å². The fourth-order valence-corrected chi connectivity index (χ4v) is 4.78. The van der Waals surface area contributed by atoms with E-state index in [4.69, 9.17) is 0 Å². The number of fused-ring (bicyclic) bond motifs is 2. The second kappa shape index (κ2) is 13.6. The number of pyridine rings is 2. The Hall–Kier alpha value is -4.98. The first-order chi connectivity index (χ1) is 20.5. The lowest BCUT2D eigenvalue weighted by molar-refractivity contribution is 0.0896. The van der Waals surface area contributed by atoms with Crippen molar-refractivity contribution < 1.29 is 9.59 Å². The number of hydrogen-bond acceptors (Lipinski definition) is 6. The molecule has 0 saturated carbocycles. The maximum absolute atomic E-state index is 12.3. The van der Waals surface area contributed by atoms with E-state index in [1.807, 2.05) is 74.5 Å². The maximum atomic E-state index is 12.3. The van der Waals surface area contributed by atoms with Gasteiger partial charge in [0, 0.05) is 24.2 Å². The molecule has 212 valence electrons. The van der Waals surface area contributed by atoms with Gasteiger partial charge in [0.15, 0.2) is 11.3 Å². The Labute approximate surface area is 245 Å². The van der Waals surface area contributed by atoms with Crippen molar-refractivity contribution in [2.45, 2.75) is 52.4 Å². The van der Waals surface area contributed by atoms with Gasteiger partial charge in [-0.15, -0.1) is 0 Å². The average Bonchev–Trinajstić information content (AvgIpc) is 3.62. The number of imidazole rings is 2. The molecule has 0 bridgehead atoms. The minimum Gasteiger partial charge on any atom is -0.274 e. The van der Waals surface area contributed by atoms with Gasteiger partial charge in [-0.1, -0.05) is 60.7 Å². The summed E-state index contributed by atoms with van der Waals surface area (Å²) >= 11 is 0. The van der Waals surface area contributed by atoms with E-state index in [2.05, 4.69) is 44.2 Å². The molecule has 4 aromatic heterocycles. The zero-order chi connectivity index (χ0) is 29.3. The molecule has 2 aromatic carbocycles. The van der Waals surface area contributed by atoms with Crippen LogP contribution in [0.15, 0.2) is 97.6 Å². The van der Waals surface area contributed by atoms with E-state index in [0.29, 0.717) is 24.1 Å². The van der Waals surface area contributed by atoms with Gasteiger partial charge in [-0.3, -0.25) is 18.7 Å². The molecule has 0 aliphatic heterocycles. The molecule has 0 amide bonds. The lowest BCUT2D eigenvalue weighted by atomic mass is 10.1. The van der Waals surface area contributed by atoms with Gasteiger partial charge in [0.25, 0.3) is 0 Å². The van der Waals surface area contributed by atoms with Crippen LogP contribution in [0, 0.1) is 13.8 Å². The molecule has 8 heteroatoms. The number of rotatable bonds is 8. The number of hydrogen-bond donors (Lipinski definition) is 0. The van der Waals surface area contributed by atoms with Gasteiger partial charge in [-0.05, 0) is 74.9 Å². The van der Waals surface area contributed by atoms with E-state index < -0.39 is 0 Å². The number of carbonyl (C=O) groups is 2. The van der Waals surface area contributed by atoms with E-state index in [0.717, 1.165) is 48.1 Å². The highest BCUT2D eigenvalue weighted by Crippen LogP contribution is 2.14. The summed E-state index contributed by atoms with van der Waals surface area (Å²) in [6.07, 6.45) is 7.63. The normalized spacial score (nSPS) is 10.9. The van der Waals surface area contributed by atoms with Crippen LogP contribution in [0.5, 0.6) is 0 Å². The smallest absolute Gasteiger partial charge is 0.233 e. The van der Waals surface area contributed by atoms with Crippen LogP contribution in [0.3, 0.4) is 0 Å². The molecule has 0 aliphatic carbocycles. The topological polar surface area (TPSA) is 95.6 Å². The highest BCUT2D eigenvalue weighted by atomic mass is 16.2. The number of aromatic nitrogens is 6. The molecule has 0 N–H and O–H groups in total. The van der Waals surface area contributed by atoms with E-state index in [9.17, 15) is 9.59 Å². The third kappa shape index (κ3) is 7.20. The second-order valence-corrected chi connectivity index (χ2v) is 10.3. The van der Waals surface area contributed by atoms with Crippen LogP contribution in [0.1, 0.15) is 57.8 Å². The summed E-state index contributed by atoms with van der Waals surface area (Å²) < 4.78 is 3.17. The molecule has 0 fully saturated rings. The summed E-state index contributed by atoms with van der Waals surface area (Å²) in [6, 6.07) is 28.0. The Morgan fingerprint density at radius 3 is 1.81 bits per heavy atom. The van der Waals surface area contributed by atoms with Crippen molar-refractivity contribution in [2.24, 2.45) is 0 Å². The van der Waals surface area contributed by atoms with Crippen molar-refractivity contribution >= 4 is 34.1 Å². The number of benzene rings is 2. The molecule has 0 unspecified atom stereocenters. The molecule has 0 saturated heterocycles. The second-order valence-electron chi connectivity index (χ2n) is 10.3. The Morgan fingerprint density at radius 1 is 0.619 bits per heavy atom. The summed E-state index contributed by atoms with van der Waals surface area (Å²) in [7, 11) is 0. The van der Waals surface area contributed by atoms with E-state index in [1.54, 1.807) is 21.8 Å². The Morgan fingerprint density at radius 2 is 1.17 bits per heavy atom. The van der Waals surface area contributed by atoms with Crippen LogP contribution in [-0.4, -0.2) is 40.9 Å². The molecular formula is C34H34N6O2. The summed E-state index contributed by atoms with van der Waals surface area (Å²) in [5, 5.41) is 0. The number of nitrogens with zero attached hydrogens (tertiary/aromatic N) is 6. The predicted molar refractivity (Wildman–Crippen MR) is 165 cm³/mol. The van der Waals surface area contributed by atoms with Crippen molar-refractivity contribution in [2.75, 3.05) is 0 Å². The molecule has 42 heavy (non-hydrogen) atoms. The number of aryl methyl sites for hydroxylation is 4. The van der Waals surface area contributed by atoms with Gasteiger partial charge in [0.2, 0.25) is 11.8 Å². The highest BCUT2D eigenvalue weighted by molar-refractivity contribution is 5.89. The van der Waals surface area contributed by atoms with E-state index in [1.165, 1.54) is 11.1 Å². The number of carbonyl (C=O) groups excluding carboxylic acids is 2. The lowest BCUT2D eigenvalue weighted by Crippen LogP contribution is -2.10. The molecule has 0 spiro atoms. The van der Waals surface area contributed by atoms with Gasteiger partial charge >= 0.3 is 0 Å². The molecular weight excluding hydrogens is 524 g/mol. The van der Waals surface area contributed by atoms with Crippen molar-refractivity contribution in [1.29, 1.82) is 0 Å². The standard InChI is InChI=1S/2C17H17N3O/c1-13-10-11-15-17(19-13)18-12-20(15)16(21)9-5-8-14-6-3-2-4-7-14;1-13-10-11-15-17(19-13)20(12-18-15)16(21)9-5-8-14-6-3-2-4-7-14/h2*2-4,6-7,10-12H,5,8-9H2,1H3. The van der Waals surface area contributed by atoms with Gasteiger partial charge in [0.05, 0.1) is 5.52 Å². The monoisotopic (exact) mass is 558 g/mol. The van der Waals surface area contributed by atoms with E-state index >= 15 is 0 Å². The SMILES string of the molecule is Cc1ccc2c(ncn2C(=O)CCCc2ccccc2)n1.Cc1ccc2ncn(C(=O)CCCc3ccccc3)c2n1. The van der Waals surface area contributed by atoms with Crippen molar-refractivity contribution in [3.05, 3.63) is 120 Å². The molecule has 6 rings (SSSR count). The summed E-state index contributed by atoms with van der Waals surface area (Å²) in [6.45, 7) is 3.83. The first-order valence-corrected chi connectivity index (χ1v) is 14.2. The van der Waals surface area contributed by atoms with Crippen LogP contribution in [0.2, 0.25) is 0 Å². The summed E-state index contributed by atoms with van der Waals surface area (Å²) in [5.74, 6) is 0.116. The van der Waals surface area contributed by atoms with Crippen LogP contribution < -0.4 is 0 Å². The van der Waals surface area contributed by atoms with Crippen LogP contribution >= 0.6 is 0 Å². The molecule has 0 radical (unpaired) electrons. The first kappa shape index (κ1) is 28.5. The molecule has 6 aromatic rings. The summed E-state index contributed by atoms with van der Waals surface area (Å²) in [5.41, 5.74) is 7.15. The van der Waals surface area contributed by atoms with Gasteiger partial charge < -0.3 is 0 Å². The van der Waals surface area contributed by atoms with Gasteiger partial charge in [0.1, 0.15) is 18.2 Å². The van der Waals surface area contributed by atoms with Gasteiger partial charge in [-0.25, -0.2) is 19.9 Å². The Bertz CT molecular complexity index is 1790. The van der Waals surface area contributed by atoms with Gasteiger partial charge in [-0.2, -0.15) is 0 Å². The fraction of sp³-hybridized carbons (Fsp3) is 0.235.